The van der Waals surface area contributed by atoms with Crippen molar-refractivity contribution in [1.82, 2.24) is 15.3 Å². The zero-order chi connectivity index (χ0) is 11.3. The summed E-state index contributed by atoms with van der Waals surface area (Å²) in [6.07, 6.45) is 0. The van der Waals surface area contributed by atoms with E-state index < -0.39 is 6.03 Å². The molecule has 0 aliphatic rings. The van der Waals surface area contributed by atoms with E-state index in [9.17, 15) is 4.79 Å². The molecule has 0 saturated heterocycles. The lowest BCUT2D eigenvalue weighted by Gasteiger charge is -2.06. The number of hydrogen-bond acceptors (Lipinski definition) is 4. The first kappa shape index (κ1) is 11.5. The smallest absolute Gasteiger partial charge is 0.312 e. The van der Waals surface area contributed by atoms with E-state index in [4.69, 9.17) is 17.3 Å². The van der Waals surface area contributed by atoms with Crippen LogP contribution in [-0.4, -0.2) is 29.1 Å². The Morgan fingerprint density at radius 1 is 1.53 bits per heavy atom. The fraction of sp³-hybridized carbons (Fsp3) is 0.375. The molecule has 1 heterocycles. The molecular weight excluding hydrogens is 218 g/mol. The summed E-state index contributed by atoms with van der Waals surface area (Å²) in [7, 11) is 0. The van der Waals surface area contributed by atoms with Gasteiger partial charge in [0.2, 0.25) is 0 Å². The number of aromatic nitrogens is 2. The van der Waals surface area contributed by atoms with Crippen LogP contribution in [0.3, 0.4) is 0 Å². The number of primary amides is 1. The van der Waals surface area contributed by atoms with E-state index in [-0.39, 0.29) is 0 Å². The zero-order valence-corrected chi connectivity index (χ0v) is 9.01. The van der Waals surface area contributed by atoms with Gasteiger partial charge in [0.15, 0.2) is 0 Å². The van der Waals surface area contributed by atoms with Crippen LogP contribution in [0, 0.1) is 6.92 Å². The van der Waals surface area contributed by atoms with E-state index in [1.54, 1.807) is 13.0 Å². The summed E-state index contributed by atoms with van der Waals surface area (Å²) >= 11 is 5.73. The Morgan fingerprint density at radius 2 is 2.27 bits per heavy atom. The van der Waals surface area contributed by atoms with E-state index in [1.165, 1.54) is 0 Å². The molecule has 2 amide bonds. The van der Waals surface area contributed by atoms with Crippen LogP contribution < -0.4 is 16.4 Å². The standard InChI is InChI=1S/C8H12ClN5O/c1-5-13-6(9)4-7(14-5)11-2-3-12-8(10)15/h4H,2-3H2,1H3,(H3,10,12,15)(H,11,13,14). The van der Waals surface area contributed by atoms with Gasteiger partial charge < -0.3 is 16.4 Å². The minimum absolute atomic E-state index is 0.382. The molecule has 1 rings (SSSR count). The number of rotatable bonds is 4. The number of nitrogens with two attached hydrogens (primary N) is 1. The SMILES string of the molecule is Cc1nc(Cl)cc(NCCNC(N)=O)n1. The Hall–Kier alpha value is -1.56. The van der Waals surface area contributed by atoms with Crippen LogP contribution in [0.15, 0.2) is 6.07 Å². The molecule has 1 aromatic heterocycles. The van der Waals surface area contributed by atoms with Crippen molar-refractivity contribution in [2.45, 2.75) is 6.92 Å². The Bertz CT molecular complexity index is 337. The Morgan fingerprint density at radius 3 is 2.87 bits per heavy atom. The van der Waals surface area contributed by atoms with Crippen molar-refractivity contribution in [2.24, 2.45) is 5.73 Å². The molecule has 82 valence electrons. The lowest BCUT2D eigenvalue weighted by atomic mass is 10.5. The van der Waals surface area contributed by atoms with Crippen LogP contribution in [0.1, 0.15) is 5.82 Å². The van der Waals surface area contributed by atoms with Crippen molar-refractivity contribution < 1.29 is 4.79 Å². The maximum Gasteiger partial charge on any atom is 0.312 e. The summed E-state index contributed by atoms with van der Waals surface area (Å²) in [6.45, 7) is 2.70. The number of carbonyl (C=O) groups excluding carboxylic acids is 1. The normalized spacial score (nSPS) is 9.73. The van der Waals surface area contributed by atoms with Crippen LogP contribution >= 0.6 is 11.6 Å². The second-order valence-corrected chi connectivity index (χ2v) is 3.23. The molecular formula is C8H12ClN5O. The van der Waals surface area contributed by atoms with Gasteiger partial charge in [0, 0.05) is 19.2 Å². The van der Waals surface area contributed by atoms with Crippen LogP contribution in [0.2, 0.25) is 5.15 Å². The summed E-state index contributed by atoms with van der Waals surface area (Å²) < 4.78 is 0. The van der Waals surface area contributed by atoms with Crippen molar-refractivity contribution in [3.05, 3.63) is 17.0 Å². The third kappa shape index (κ3) is 4.46. The molecule has 0 fully saturated rings. The highest BCUT2D eigenvalue weighted by Gasteiger charge is 1.98. The molecule has 15 heavy (non-hydrogen) atoms. The molecule has 0 saturated carbocycles. The van der Waals surface area contributed by atoms with Crippen LogP contribution in [0.25, 0.3) is 0 Å². The van der Waals surface area contributed by atoms with Gasteiger partial charge in [-0.15, -0.1) is 0 Å². The fourth-order valence-electron chi connectivity index (χ4n) is 0.998. The number of nitrogens with zero attached hydrogens (tertiary/aromatic N) is 2. The molecule has 0 atom stereocenters. The number of hydrogen-bond donors (Lipinski definition) is 3. The first-order valence-electron chi connectivity index (χ1n) is 4.36. The highest BCUT2D eigenvalue weighted by Crippen LogP contribution is 2.10. The van der Waals surface area contributed by atoms with Gasteiger partial charge in [-0.2, -0.15) is 0 Å². The van der Waals surface area contributed by atoms with E-state index in [1.807, 2.05) is 0 Å². The zero-order valence-electron chi connectivity index (χ0n) is 8.25. The molecule has 4 N–H and O–H groups in total. The van der Waals surface area contributed by atoms with E-state index >= 15 is 0 Å². The monoisotopic (exact) mass is 229 g/mol. The molecule has 0 unspecified atom stereocenters. The van der Waals surface area contributed by atoms with E-state index in [0.29, 0.717) is 29.9 Å². The third-order valence-electron chi connectivity index (χ3n) is 1.54. The van der Waals surface area contributed by atoms with Crippen molar-refractivity contribution >= 4 is 23.4 Å². The maximum atomic E-state index is 10.4. The summed E-state index contributed by atoms with van der Waals surface area (Å²) in [4.78, 5) is 18.4. The molecule has 0 aromatic carbocycles. The molecule has 7 heteroatoms. The number of anilines is 1. The van der Waals surface area contributed by atoms with E-state index in [0.717, 1.165) is 0 Å². The number of nitrogens with one attached hydrogen (secondary N) is 2. The lowest BCUT2D eigenvalue weighted by Crippen LogP contribution is -2.33. The van der Waals surface area contributed by atoms with Gasteiger partial charge in [-0.05, 0) is 6.92 Å². The minimum Gasteiger partial charge on any atom is -0.368 e. The predicted octanol–water partition coefficient (Wildman–Crippen LogP) is 0.519. The summed E-state index contributed by atoms with van der Waals surface area (Å²) in [6, 6.07) is 1.06. The Kier molecular flexibility index (Phi) is 4.11. The topological polar surface area (TPSA) is 92.9 Å². The number of amides is 2. The number of urea groups is 1. The molecule has 0 aliphatic carbocycles. The Labute approximate surface area is 92.2 Å². The van der Waals surface area contributed by atoms with Gasteiger partial charge in [-0.3, -0.25) is 0 Å². The first-order chi connectivity index (χ1) is 7.08. The van der Waals surface area contributed by atoms with Crippen molar-refractivity contribution in [1.29, 1.82) is 0 Å². The largest absolute Gasteiger partial charge is 0.368 e. The maximum absolute atomic E-state index is 10.4. The van der Waals surface area contributed by atoms with Crippen LogP contribution in [0.5, 0.6) is 0 Å². The van der Waals surface area contributed by atoms with Gasteiger partial charge in [0.05, 0.1) is 0 Å². The van der Waals surface area contributed by atoms with Gasteiger partial charge in [-0.1, -0.05) is 11.6 Å². The lowest BCUT2D eigenvalue weighted by molar-refractivity contribution is 0.249. The number of halogens is 1. The molecule has 0 bridgehead atoms. The highest BCUT2D eigenvalue weighted by atomic mass is 35.5. The fourth-order valence-corrected chi connectivity index (χ4v) is 1.22. The van der Waals surface area contributed by atoms with Gasteiger partial charge in [0.25, 0.3) is 0 Å². The van der Waals surface area contributed by atoms with Gasteiger partial charge in [-0.25, -0.2) is 14.8 Å². The van der Waals surface area contributed by atoms with Crippen molar-refractivity contribution in [3.63, 3.8) is 0 Å². The Balaban J connectivity index is 2.40. The minimum atomic E-state index is -0.547. The molecule has 0 aliphatic heterocycles. The van der Waals surface area contributed by atoms with E-state index in [2.05, 4.69) is 20.6 Å². The van der Waals surface area contributed by atoms with Crippen molar-refractivity contribution in [2.75, 3.05) is 18.4 Å². The summed E-state index contributed by atoms with van der Waals surface area (Å²) in [5.74, 6) is 1.21. The first-order valence-corrected chi connectivity index (χ1v) is 4.74. The average Bonchev–Trinajstić information content (AvgIpc) is 2.10. The third-order valence-corrected chi connectivity index (χ3v) is 1.73. The van der Waals surface area contributed by atoms with Crippen LogP contribution in [-0.2, 0) is 0 Å². The average molecular weight is 230 g/mol. The quantitative estimate of drug-likeness (QED) is 0.518. The predicted molar refractivity (Wildman–Crippen MR) is 57.9 cm³/mol. The second kappa shape index (κ2) is 5.35. The molecule has 6 nitrogen and oxygen atoms in total. The summed E-state index contributed by atoms with van der Waals surface area (Å²) in [5, 5.41) is 5.80. The number of aryl methyl sites for hydroxylation is 1. The molecule has 0 spiro atoms. The van der Waals surface area contributed by atoms with Gasteiger partial charge >= 0.3 is 6.03 Å². The van der Waals surface area contributed by atoms with Crippen LogP contribution in [0.4, 0.5) is 10.6 Å². The second-order valence-electron chi connectivity index (χ2n) is 2.84. The highest BCUT2D eigenvalue weighted by molar-refractivity contribution is 6.29. The number of carbonyl (C=O) groups is 1. The summed E-state index contributed by atoms with van der Waals surface area (Å²) in [5.41, 5.74) is 4.90. The van der Waals surface area contributed by atoms with Crippen molar-refractivity contribution in [3.8, 4) is 0 Å². The molecule has 0 radical (unpaired) electrons. The molecule has 1 aromatic rings. The van der Waals surface area contributed by atoms with Gasteiger partial charge in [0.1, 0.15) is 16.8 Å².